The van der Waals surface area contributed by atoms with Gasteiger partial charge < -0.3 is 24.6 Å². The van der Waals surface area contributed by atoms with Gasteiger partial charge in [0.1, 0.15) is 23.9 Å². The number of likely N-dealkylation sites (tertiary alicyclic amines) is 1. The van der Waals surface area contributed by atoms with Crippen LogP contribution < -0.4 is 4.74 Å². The van der Waals surface area contributed by atoms with Gasteiger partial charge in [0, 0.05) is 31.7 Å². The molecule has 2 heterocycles. The number of phenolic OH excluding ortho intramolecular Hbond substituents is 1. The number of aliphatic hydroxyl groups excluding tert-OH is 1. The zero-order valence-electron chi connectivity index (χ0n) is 21.9. The number of hydrogen-bond donors (Lipinski definition) is 2. The van der Waals surface area contributed by atoms with E-state index in [1.54, 1.807) is 36.4 Å². The fourth-order valence-corrected chi connectivity index (χ4v) is 5.02. The molecule has 5 rings (SSSR count). The molecule has 8 heteroatoms. The maximum absolute atomic E-state index is 13.3. The van der Waals surface area contributed by atoms with Crippen molar-refractivity contribution in [2.75, 3.05) is 39.4 Å². The Morgan fingerprint density at radius 1 is 0.974 bits per heavy atom. The summed E-state index contributed by atoms with van der Waals surface area (Å²) in [7, 11) is 0. The standard InChI is InChI=1S/C31H32N2O6/c1-21-3-2-4-22(19-21)20-39-26-11-7-24(8-12-26)29(35)27-28(23-5-9-25(34)10-6-23)33(31(37)30(27)36)14-13-32-15-17-38-18-16-32/h2-12,19,28,34-35H,13-18,20H2,1H3/b29-27-. The molecule has 2 aliphatic rings. The van der Waals surface area contributed by atoms with E-state index < -0.39 is 17.7 Å². The number of ketones is 1. The number of amides is 1. The van der Waals surface area contributed by atoms with Gasteiger partial charge in [-0.25, -0.2) is 0 Å². The van der Waals surface area contributed by atoms with E-state index in [9.17, 15) is 19.8 Å². The van der Waals surface area contributed by atoms with Gasteiger partial charge in [0.25, 0.3) is 11.7 Å². The molecule has 39 heavy (non-hydrogen) atoms. The highest BCUT2D eigenvalue weighted by atomic mass is 16.5. The molecule has 0 aliphatic carbocycles. The predicted octanol–water partition coefficient (Wildman–Crippen LogP) is 4.03. The molecule has 0 aromatic heterocycles. The Kier molecular flexibility index (Phi) is 7.95. The number of aryl methyl sites for hydroxylation is 1. The maximum atomic E-state index is 13.3. The average molecular weight is 529 g/mol. The summed E-state index contributed by atoms with van der Waals surface area (Å²) in [5.74, 6) is -0.932. The second-order valence-electron chi connectivity index (χ2n) is 9.84. The van der Waals surface area contributed by atoms with E-state index in [0.717, 1.165) is 24.2 Å². The number of aromatic hydroxyl groups is 1. The molecule has 2 aliphatic heterocycles. The summed E-state index contributed by atoms with van der Waals surface area (Å²) in [4.78, 5) is 30.2. The molecule has 3 aromatic rings. The molecule has 8 nitrogen and oxygen atoms in total. The third kappa shape index (κ3) is 5.97. The van der Waals surface area contributed by atoms with Crippen LogP contribution in [0.1, 0.15) is 28.3 Å². The summed E-state index contributed by atoms with van der Waals surface area (Å²) in [6.45, 7) is 6.10. The number of ether oxygens (including phenoxy) is 2. The van der Waals surface area contributed by atoms with Crippen LogP contribution in [0.15, 0.2) is 78.4 Å². The van der Waals surface area contributed by atoms with Gasteiger partial charge in [-0.15, -0.1) is 0 Å². The van der Waals surface area contributed by atoms with E-state index in [1.807, 2.05) is 25.1 Å². The second-order valence-corrected chi connectivity index (χ2v) is 9.84. The van der Waals surface area contributed by atoms with E-state index in [0.29, 0.717) is 49.8 Å². The fraction of sp³-hybridized carbons (Fsp3) is 0.290. The maximum Gasteiger partial charge on any atom is 0.295 e. The molecule has 3 aromatic carbocycles. The average Bonchev–Trinajstić information content (AvgIpc) is 3.21. The first-order valence-corrected chi connectivity index (χ1v) is 13.1. The quantitative estimate of drug-likeness (QED) is 0.259. The Morgan fingerprint density at radius 3 is 2.38 bits per heavy atom. The van der Waals surface area contributed by atoms with Gasteiger partial charge in [-0.3, -0.25) is 14.5 Å². The summed E-state index contributed by atoms with van der Waals surface area (Å²) in [5.41, 5.74) is 3.27. The minimum atomic E-state index is -0.774. The Hall–Kier alpha value is -4.14. The number of morpholine rings is 1. The van der Waals surface area contributed by atoms with Crippen LogP contribution in [0.3, 0.4) is 0 Å². The zero-order chi connectivity index (χ0) is 27.4. The molecule has 2 N–H and O–H groups in total. The molecular weight excluding hydrogens is 496 g/mol. The van der Waals surface area contributed by atoms with Crippen molar-refractivity contribution in [2.45, 2.75) is 19.6 Å². The monoisotopic (exact) mass is 528 g/mol. The third-order valence-corrected chi connectivity index (χ3v) is 7.13. The predicted molar refractivity (Wildman–Crippen MR) is 146 cm³/mol. The lowest BCUT2D eigenvalue weighted by molar-refractivity contribution is -0.140. The molecule has 1 atom stereocenters. The van der Waals surface area contributed by atoms with E-state index in [2.05, 4.69) is 11.0 Å². The van der Waals surface area contributed by atoms with Crippen LogP contribution in [0.4, 0.5) is 0 Å². The second kappa shape index (κ2) is 11.7. The van der Waals surface area contributed by atoms with Crippen LogP contribution >= 0.6 is 0 Å². The van der Waals surface area contributed by atoms with Gasteiger partial charge >= 0.3 is 0 Å². The summed E-state index contributed by atoms with van der Waals surface area (Å²) < 4.78 is 11.3. The van der Waals surface area contributed by atoms with Crippen LogP contribution in [-0.2, 0) is 20.9 Å². The highest BCUT2D eigenvalue weighted by Gasteiger charge is 2.46. The highest BCUT2D eigenvalue weighted by molar-refractivity contribution is 6.46. The summed E-state index contributed by atoms with van der Waals surface area (Å²) in [6, 6.07) is 20.5. The number of phenols is 1. The lowest BCUT2D eigenvalue weighted by Gasteiger charge is -2.31. The summed E-state index contributed by atoms with van der Waals surface area (Å²) in [6.07, 6.45) is 0. The van der Waals surface area contributed by atoms with Crippen LogP contribution in [0.5, 0.6) is 11.5 Å². The van der Waals surface area contributed by atoms with Crippen LogP contribution in [0, 0.1) is 6.92 Å². The number of aliphatic hydroxyl groups is 1. The van der Waals surface area contributed by atoms with Crippen molar-refractivity contribution in [3.63, 3.8) is 0 Å². The third-order valence-electron chi connectivity index (χ3n) is 7.13. The van der Waals surface area contributed by atoms with Crippen molar-refractivity contribution in [3.05, 3.63) is 101 Å². The number of rotatable bonds is 8. The molecule has 0 bridgehead atoms. The topological polar surface area (TPSA) is 99.5 Å². The molecule has 0 radical (unpaired) electrons. The van der Waals surface area contributed by atoms with E-state index >= 15 is 0 Å². The number of Topliss-reactive ketones (excluding diaryl/α,β-unsaturated/α-hetero) is 1. The summed E-state index contributed by atoms with van der Waals surface area (Å²) in [5, 5.41) is 21.1. The SMILES string of the molecule is Cc1cccc(COc2ccc(/C(O)=C3/C(=O)C(=O)N(CCN4CCOCC4)C3c3ccc(O)cc3)cc2)c1. The highest BCUT2D eigenvalue weighted by Crippen LogP contribution is 2.39. The van der Waals surface area contributed by atoms with Crippen molar-refractivity contribution >= 4 is 17.4 Å². The lowest BCUT2D eigenvalue weighted by atomic mass is 9.95. The Bertz CT molecular complexity index is 1360. The van der Waals surface area contributed by atoms with Crippen molar-refractivity contribution in [1.29, 1.82) is 0 Å². The molecule has 2 saturated heterocycles. The molecule has 1 amide bonds. The first-order valence-electron chi connectivity index (χ1n) is 13.1. The number of carbonyl (C=O) groups is 2. The Labute approximate surface area is 227 Å². The Balaban J connectivity index is 1.41. The van der Waals surface area contributed by atoms with Gasteiger partial charge in [-0.2, -0.15) is 0 Å². The largest absolute Gasteiger partial charge is 0.508 e. The fourth-order valence-electron chi connectivity index (χ4n) is 5.02. The van der Waals surface area contributed by atoms with E-state index in [-0.39, 0.29) is 17.1 Å². The van der Waals surface area contributed by atoms with E-state index in [1.165, 1.54) is 17.0 Å². The molecule has 202 valence electrons. The number of benzene rings is 3. The van der Waals surface area contributed by atoms with Gasteiger partial charge in [0.05, 0.1) is 24.8 Å². The minimum Gasteiger partial charge on any atom is -0.508 e. The lowest BCUT2D eigenvalue weighted by Crippen LogP contribution is -2.42. The van der Waals surface area contributed by atoms with Crippen LogP contribution in [0.2, 0.25) is 0 Å². The van der Waals surface area contributed by atoms with Crippen LogP contribution in [0.25, 0.3) is 5.76 Å². The molecule has 1 unspecified atom stereocenters. The molecule has 0 spiro atoms. The zero-order valence-corrected chi connectivity index (χ0v) is 21.9. The smallest absolute Gasteiger partial charge is 0.295 e. The van der Waals surface area contributed by atoms with Crippen molar-refractivity contribution in [2.24, 2.45) is 0 Å². The normalized spacial score (nSPS) is 19.4. The van der Waals surface area contributed by atoms with Gasteiger partial charge in [0.15, 0.2) is 0 Å². The van der Waals surface area contributed by atoms with Crippen molar-refractivity contribution < 1.29 is 29.3 Å². The number of carbonyl (C=O) groups excluding carboxylic acids is 2. The first-order chi connectivity index (χ1) is 18.9. The van der Waals surface area contributed by atoms with E-state index in [4.69, 9.17) is 9.47 Å². The first kappa shape index (κ1) is 26.5. The minimum absolute atomic E-state index is 0.0288. The molecule has 0 saturated carbocycles. The van der Waals surface area contributed by atoms with Gasteiger partial charge in [0.2, 0.25) is 0 Å². The van der Waals surface area contributed by atoms with Crippen LogP contribution in [-0.4, -0.2) is 71.1 Å². The Morgan fingerprint density at radius 2 is 1.69 bits per heavy atom. The molecule has 2 fully saturated rings. The van der Waals surface area contributed by atoms with Crippen molar-refractivity contribution in [1.82, 2.24) is 9.80 Å². The molecular formula is C31H32N2O6. The van der Waals surface area contributed by atoms with Crippen molar-refractivity contribution in [3.8, 4) is 11.5 Å². The number of hydrogen-bond acceptors (Lipinski definition) is 7. The number of nitrogens with zero attached hydrogens (tertiary/aromatic N) is 2. The van der Waals surface area contributed by atoms with Gasteiger partial charge in [-0.1, -0.05) is 42.0 Å². The summed E-state index contributed by atoms with van der Waals surface area (Å²) >= 11 is 0. The van der Waals surface area contributed by atoms with Gasteiger partial charge in [-0.05, 0) is 54.4 Å².